The van der Waals surface area contributed by atoms with Crippen molar-refractivity contribution < 1.29 is 4.79 Å². The van der Waals surface area contributed by atoms with E-state index in [4.69, 9.17) is 0 Å². The number of dihydropyridines is 1. The molecule has 0 bridgehead atoms. The summed E-state index contributed by atoms with van der Waals surface area (Å²) in [5, 5.41) is 2.69. The molecule has 1 N–H and O–H groups in total. The van der Waals surface area contributed by atoms with Gasteiger partial charge >= 0.3 is 0 Å². The van der Waals surface area contributed by atoms with Crippen molar-refractivity contribution in [1.29, 1.82) is 0 Å². The Morgan fingerprint density at radius 1 is 1.80 bits per heavy atom. The lowest BCUT2D eigenvalue weighted by molar-refractivity contribution is -0.119. The number of allylic oxidation sites excluding steroid dienone is 1. The molecular weight excluding hydrogens is 128 g/mol. The van der Waals surface area contributed by atoms with E-state index in [2.05, 4.69) is 10.3 Å². The minimum Gasteiger partial charge on any atom is -0.334 e. The third kappa shape index (κ3) is 2.01. The predicted octanol–water partition coefficient (Wildman–Crippen LogP) is 0.479. The third-order valence-electron chi connectivity index (χ3n) is 1.22. The van der Waals surface area contributed by atoms with E-state index < -0.39 is 0 Å². The van der Waals surface area contributed by atoms with Crippen LogP contribution in [0.5, 0.6) is 0 Å². The van der Waals surface area contributed by atoms with E-state index in [0.29, 0.717) is 0 Å². The van der Waals surface area contributed by atoms with Gasteiger partial charge in [0, 0.05) is 19.6 Å². The van der Waals surface area contributed by atoms with E-state index in [1.165, 1.54) is 6.92 Å². The van der Waals surface area contributed by atoms with Crippen molar-refractivity contribution in [2.24, 2.45) is 4.99 Å². The predicted molar refractivity (Wildman–Crippen MR) is 39.9 cm³/mol. The summed E-state index contributed by atoms with van der Waals surface area (Å²) in [5.41, 5.74) is 0. The molecule has 0 aliphatic carbocycles. The van der Waals surface area contributed by atoms with Crippen molar-refractivity contribution in [3.63, 3.8) is 0 Å². The third-order valence-corrected chi connectivity index (χ3v) is 1.22. The SMILES string of the molecule is CC(=O)NC1CC=CC=N1. The Morgan fingerprint density at radius 3 is 3.10 bits per heavy atom. The van der Waals surface area contributed by atoms with Gasteiger partial charge in [-0.1, -0.05) is 6.08 Å². The van der Waals surface area contributed by atoms with Crippen molar-refractivity contribution in [2.75, 3.05) is 0 Å². The molecule has 0 saturated carbocycles. The van der Waals surface area contributed by atoms with Crippen molar-refractivity contribution >= 4 is 12.1 Å². The first-order valence-corrected chi connectivity index (χ1v) is 3.24. The van der Waals surface area contributed by atoms with E-state index >= 15 is 0 Å². The summed E-state index contributed by atoms with van der Waals surface area (Å²) in [6, 6.07) is 0. The number of carbonyl (C=O) groups is 1. The van der Waals surface area contributed by atoms with Crippen LogP contribution in [-0.4, -0.2) is 18.3 Å². The second kappa shape index (κ2) is 3.15. The Labute approximate surface area is 59.8 Å². The molecular formula is C7H10N2O. The zero-order valence-corrected chi connectivity index (χ0v) is 5.87. The average Bonchev–Trinajstić information content (AvgIpc) is 1.88. The van der Waals surface area contributed by atoms with Crippen molar-refractivity contribution in [1.82, 2.24) is 5.32 Å². The number of amides is 1. The van der Waals surface area contributed by atoms with Gasteiger partial charge in [-0.05, 0) is 6.08 Å². The number of aliphatic imine (C=N–C) groups is 1. The highest BCUT2D eigenvalue weighted by Gasteiger charge is 2.05. The summed E-state index contributed by atoms with van der Waals surface area (Å²) in [6.07, 6.45) is 6.31. The molecule has 0 radical (unpaired) electrons. The molecule has 1 aliphatic rings. The number of hydrogen-bond acceptors (Lipinski definition) is 2. The molecule has 0 fully saturated rings. The van der Waals surface area contributed by atoms with Gasteiger partial charge < -0.3 is 5.32 Å². The minimum absolute atomic E-state index is 0.0301. The fourth-order valence-electron chi connectivity index (χ4n) is 0.814. The van der Waals surface area contributed by atoms with Crippen molar-refractivity contribution in [2.45, 2.75) is 19.5 Å². The van der Waals surface area contributed by atoms with Crippen LogP contribution in [0.25, 0.3) is 0 Å². The van der Waals surface area contributed by atoms with Crippen LogP contribution in [0.3, 0.4) is 0 Å². The first kappa shape index (κ1) is 6.99. The maximum Gasteiger partial charge on any atom is 0.218 e. The number of carbonyl (C=O) groups excluding carboxylic acids is 1. The standard InChI is InChI=1S/C7H10N2O/c1-6(10)9-7-4-2-3-5-8-7/h2-3,5,7H,4H2,1H3,(H,9,10). The minimum atomic E-state index is -0.0394. The van der Waals surface area contributed by atoms with Gasteiger partial charge in [0.05, 0.1) is 0 Å². The smallest absolute Gasteiger partial charge is 0.218 e. The molecule has 1 rings (SSSR count). The number of nitrogens with one attached hydrogen (secondary N) is 1. The van der Waals surface area contributed by atoms with Crippen LogP contribution in [0.2, 0.25) is 0 Å². The molecule has 3 nitrogen and oxygen atoms in total. The van der Waals surface area contributed by atoms with Gasteiger partial charge in [0.15, 0.2) is 0 Å². The monoisotopic (exact) mass is 138 g/mol. The summed E-state index contributed by atoms with van der Waals surface area (Å²) < 4.78 is 0. The quantitative estimate of drug-likeness (QED) is 0.562. The van der Waals surface area contributed by atoms with E-state index in [-0.39, 0.29) is 12.1 Å². The number of hydrogen-bond donors (Lipinski definition) is 1. The summed E-state index contributed by atoms with van der Waals surface area (Å²) in [5.74, 6) is -0.0301. The largest absolute Gasteiger partial charge is 0.334 e. The number of rotatable bonds is 1. The van der Waals surface area contributed by atoms with Crippen molar-refractivity contribution in [3.05, 3.63) is 12.2 Å². The highest BCUT2D eigenvalue weighted by atomic mass is 16.1. The van der Waals surface area contributed by atoms with Gasteiger partial charge in [0.2, 0.25) is 5.91 Å². The van der Waals surface area contributed by atoms with Gasteiger partial charge in [0.25, 0.3) is 0 Å². The average molecular weight is 138 g/mol. The summed E-state index contributed by atoms with van der Waals surface area (Å²) in [6.45, 7) is 1.49. The molecule has 0 aromatic rings. The van der Waals surface area contributed by atoms with Crippen LogP contribution in [0, 0.1) is 0 Å². The van der Waals surface area contributed by atoms with Crippen LogP contribution in [0.4, 0.5) is 0 Å². The van der Waals surface area contributed by atoms with Gasteiger partial charge in [-0.3, -0.25) is 9.79 Å². The molecule has 0 aromatic heterocycles. The molecule has 0 spiro atoms. The summed E-state index contributed by atoms with van der Waals surface area (Å²) in [7, 11) is 0. The second-order valence-corrected chi connectivity index (χ2v) is 2.18. The molecule has 1 heterocycles. The highest BCUT2D eigenvalue weighted by Crippen LogP contribution is 1.98. The molecule has 3 heteroatoms. The molecule has 1 amide bonds. The first-order chi connectivity index (χ1) is 4.79. The van der Waals surface area contributed by atoms with Gasteiger partial charge in [-0.15, -0.1) is 0 Å². The second-order valence-electron chi connectivity index (χ2n) is 2.18. The molecule has 0 aromatic carbocycles. The Kier molecular flexibility index (Phi) is 2.20. The first-order valence-electron chi connectivity index (χ1n) is 3.24. The van der Waals surface area contributed by atoms with Crippen LogP contribution in [0.15, 0.2) is 17.1 Å². The molecule has 54 valence electrons. The van der Waals surface area contributed by atoms with Crippen LogP contribution < -0.4 is 5.32 Å². The maximum atomic E-state index is 10.5. The van der Waals surface area contributed by atoms with E-state index in [1.807, 2.05) is 12.2 Å². The lowest BCUT2D eigenvalue weighted by Gasteiger charge is -2.12. The molecule has 0 saturated heterocycles. The Morgan fingerprint density at radius 2 is 2.60 bits per heavy atom. The maximum absolute atomic E-state index is 10.5. The molecule has 1 unspecified atom stereocenters. The Balaban J connectivity index is 2.37. The highest BCUT2D eigenvalue weighted by molar-refractivity contribution is 5.75. The van der Waals surface area contributed by atoms with Crippen LogP contribution in [0.1, 0.15) is 13.3 Å². The van der Waals surface area contributed by atoms with Gasteiger partial charge in [0.1, 0.15) is 6.17 Å². The lowest BCUT2D eigenvalue weighted by Crippen LogP contribution is -2.31. The van der Waals surface area contributed by atoms with E-state index in [0.717, 1.165) is 6.42 Å². The fourth-order valence-corrected chi connectivity index (χ4v) is 0.814. The zero-order valence-electron chi connectivity index (χ0n) is 5.87. The van der Waals surface area contributed by atoms with E-state index in [9.17, 15) is 4.79 Å². The van der Waals surface area contributed by atoms with Crippen molar-refractivity contribution in [3.8, 4) is 0 Å². The summed E-state index contributed by atoms with van der Waals surface area (Å²) >= 11 is 0. The lowest BCUT2D eigenvalue weighted by atomic mass is 10.3. The van der Waals surface area contributed by atoms with Crippen LogP contribution in [-0.2, 0) is 4.79 Å². The summed E-state index contributed by atoms with van der Waals surface area (Å²) in [4.78, 5) is 14.5. The van der Waals surface area contributed by atoms with Crippen LogP contribution >= 0.6 is 0 Å². The van der Waals surface area contributed by atoms with E-state index in [1.54, 1.807) is 6.21 Å². The zero-order chi connectivity index (χ0) is 7.40. The Bertz CT molecular complexity index is 184. The molecule has 10 heavy (non-hydrogen) atoms. The van der Waals surface area contributed by atoms with Gasteiger partial charge in [-0.25, -0.2) is 0 Å². The topological polar surface area (TPSA) is 41.5 Å². The van der Waals surface area contributed by atoms with Gasteiger partial charge in [-0.2, -0.15) is 0 Å². The normalized spacial score (nSPS) is 22.7. The Hall–Kier alpha value is -1.12. The molecule has 1 aliphatic heterocycles. The molecule has 1 atom stereocenters. The fraction of sp³-hybridized carbons (Fsp3) is 0.429. The number of nitrogens with zero attached hydrogens (tertiary/aromatic N) is 1.